The number of hydrogen-bond acceptors (Lipinski definition) is 8. The van der Waals surface area contributed by atoms with E-state index >= 15 is 0 Å². The van der Waals surface area contributed by atoms with Crippen LogP contribution in [0.2, 0.25) is 0 Å². The van der Waals surface area contributed by atoms with E-state index in [-0.39, 0.29) is 12.5 Å². The fourth-order valence-electron chi connectivity index (χ4n) is 8.15. The molecule has 1 aliphatic heterocycles. The lowest BCUT2D eigenvalue weighted by Crippen LogP contribution is -2.60. The Morgan fingerprint density at radius 2 is 0.933 bits per heavy atom. The van der Waals surface area contributed by atoms with Crippen molar-refractivity contribution in [3.05, 3.63) is 24.3 Å². The molecule has 9 heteroatoms. The molecule has 0 radical (unpaired) electrons. The maximum Gasteiger partial charge on any atom is 0.220 e. The Hall–Kier alpha value is -1.33. The first-order chi connectivity index (χ1) is 29.3. The molecule has 354 valence electrons. The van der Waals surface area contributed by atoms with Crippen molar-refractivity contribution < 1.29 is 39.8 Å². The van der Waals surface area contributed by atoms with Gasteiger partial charge in [-0.15, -0.1) is 0 Å². The Kier molecular flexibility index (Phi) is 39.4. The number of hydrogen-bond donors (Lipinski definition) is 6. The van der Waals surface area contributed by atoms with Crippen LogP contribution in [0.1, 0.15) is 239 Å². The third-order valence-electron chi connectivity index (χ3n) is 12.3. The lowest BCUT2D eigenvalue weighted by molar-refractivity contribution is -0.302. The minimum atomic E-state index is -1.56. The van der Waals surface area contributed by atoms with E-state index in [0.29, 0.717) is 6.42 Å². The summed E-state index contributed by atoms with van der Waals surface area (Å²) in [6.45, 7) is 3.77. The van der Waals surface area contributed by atoms with Crippen LogP contribution in [0, 0.1) is 0 Å². The Balaban J connectivity index is 2.20. The van der Waals surface area contributed by atoms with Gasteiger partial charge >= 0.3 is 0 Å². The van der Waals surface area contributed by atoms with Crippen LogP contribution < -0.4 is 5.32 Å². The molecule has 1 saturated heterocycles. The van der Waals surface area contributed by atoms with Gasteiger partial charge in [0.25, 0.3) is 0 Å². The highest BCUT2D eigenvalue weighted by atomic mass is 16.7. The number of allylic oxidation sites excluding steroid dienone is 3. The van der Waals surface area contributed by atoms with Gasteiger partial charge in [0.1, 0.15) is 24.4 Å². The number of carbonyl (C=O) groups excluding carboxylic acids is 1. The summed E-state index contributed by atoms with van der Waals surface area (Å²) in [4.78, 5) is 13.0. The summed E-state index contributed by atoms with van der Waals surface area (Å²) in [5.41, 5.74) is 0. The molecule has 7 atom stereocenters. The lowest BCUT2D eigenvalue weighted by Gasteiger charge is -2.40. The molecule has 60 heavy (non-hydrogen) atoms. The highest BCUT2D eigenvalue weighted by molar-refractivity contribution is 5.76. The van der Waals surface area contributed by atoms with Crippen molar-refractivity contribution in [3.63, 3.8) is 0 Å². The van der Waals surface area contributed by atoms with Crippen molar-refractivity contribution >= 4 is 5.91 Å². The van der Waals surface area contributed by atoms with Gasteiger partial charge in [0.05, 0.1) is 25.4 Å². The zero-order valence-corrected chi connectivity index (χ0v) is 39.0. The second-order valence-electron chi connectivity index (χ2n) is 18.0. The molecule has 0 saturated carbocycles. The molecule has 0 bridgehead atoms. The van der Waals surface area contributed by atoms with Gasteiger partial charge in [-0.1, -0.05) is 212 Å². The zero-order chi connectivity index (χ0) is 43.7. The van der Waals surface area contributed by atoms with Crippen LogP contribution in [0.25, 0.3) is 0 Å². The van der Waals surface area contributed by atoms with Gasteiger partial charge in [-0.2, -0.15) is 0 Å². The van der Waals surface area contributed by atoms with Crippen LogP contribution in [0.15, 0.2) is 24.3 Å². The summed E-state index contributed by atoms with van der Waals surface area (Å²) < 4.78 is 11.2. The predicted molar refractivity (Wildman–Crippen MR) is 249 cm³/mol. The SMILES string of the molecule is CCCCCCCCCCC/C=C/C(O)C(COC1OC(CO)C(O)C(O)C1O)NC(=O)CCCCCCCCCCCC/C=C\CCCCCCCCCCCCCC. The van der Waals surface area contributed by atoms with E-state index in [0.717, 1.165) is 38.5 Å². The molecule has 1 aliphatic rings. The van der Waals surface area contributed by atoms with Crippen molar-refractivity contribution in [2.45, 2.75) is 281 Å². The molecule has 1 amide bonds. The molecule has 1 heterocycles. The van der Waals surface area contributed by atoms with E-state index in [1.54, 1.807) is 6.08 Å². The Morgan fingerprint density at radius 1 is 0.550 bits per heavy atom. The first kappa shape index (κ1) is 56.7. The molecule has 0 aromatic carbocycles. The van der Waals surface area contributed by atoms with Crippen LogP contribution in [0.3, 0.4) is 0 Å². The van der Waals surface area contributed by atoms with Crippen molar-refractivity contribution in [1.82, 2.24) is 5.32 Å². The molecule has 0 aromatic heterocycles. The van der Waals surface area contributed by atoms with E-state index in [4.69, 9.17) is 9.47 Å². The maximum atomic E-state index is 13.0. The van der Waals surface area contributed by atoms with E-state index in [2.05, 4.69) is 31.3 Å². The summed E-state index contributed by atoms with van der Waals surface area (Å²) in [7, 11) is 0. The Bertz CT molecular complexity index is 992. The zero-order valence-electron chi connectivity index (χ0n) is 39.0. The number of nitrogens with one attached hydrogen (secondary N) is 1. The smallest absolute Gasteiger partial charge is 0.220 e. The number of rotatable bonds is 43. The fraction of sp³-hybridized carbons (Fsp3) is 0.902. The standard InChI is InChI=1S/C51H97NO8/c1-3-5-7-9-11-13-15-16-17-18-19-20-21-22-23-24-25-26-27-28-29-31-33-35-37-39-41-47(55)52-44(43-59-51-50(58)49(57)48(56)46(42-53)60-51)45(54)40-38-36-34-32-30-14-12-10-8-6-4-2/h22-23,38,40,44-46,48-51,53-54,56-58H,3-21,24-37,39,41-43H2,1-2H3,(H,52,55)/b23-22-,40-38+. The average molecular weight is 852 g/mol. The molecule has 0 aromatic rings. The molecule has 0 spiro atoms. The highest BCUT2D eigenvalue weighted by Gasteiger charge is 2.44. The number of aliphatic hydroxyl groups excluding tert-OH is 5. The van der Waals surface area contributed by atoms with Crippen LogP contribution >= 0.6 is 0 Å². The van der Waals surface area contributed by atoms with Gasteiger partial charge in [0, 0.05) is 6.42 Å². The van der Waals surface area contributed by atoms with Crippen LogP contribution in [-0.2, 0) is 14.3 Å². The molecular formula is C51H97NO8. The second-order valence-corrected chi connectivity index (χ2v) is 18.0. The largest absolute Gasteiger partial charge is 0.394 e. The van der Waals surface area contributed by atoms with Gasteiger partial charge in [-0.25, -0.2) is 0 Å². The molecular weight excluding hydrogens is 755 g/mol. The van der Waals surface area contributed by atoms with Gasteiger partial charge < -0.3 is 40.3 Å². The number of amides is 1. The van der Waals surface area contributed by atoms with E-state index in [1.165, 1.54) is 180 Å². The average Bonchev–Trinajstić information content (AvgIpc) is 3.25. The van der Waals surface area contributed by atoms with Gasteiger partial charge in [0.2, 0.25) is 5.91 Å². The van der Waals surface area contributed by atoms with Crippen molar-refractivity contribution in [2.24, 2.45) is 0 Å². The Morgan fingerprint density at radius 3 is 1.35 bits per heavy atom. The van der Waals surface area contributed by atoms with Gasteiger partial charge in [-0.3, -0.25) is 4.79 Å². The minimum Gasteiger partial charge on any atom is -0.394 e. The third kappa shape index (κ3) is 31.5. The predicted octanol–water partition coefficient (Wildman–Crippen LogP) is 11.5. The normalized spacial score (nSPS) is 20.7. The summed E-state index contributed by atoms with van der Waals surface area (Å²) in [5.74, 6) is -0.178. The minimum absolute atomic E-state index is 0.178. The summed E-state index contributed by atoms with van der Waals surface area (Å²) in [5, 5.41) is 54.2. The summed E-state index contributed by atoms with van der Waals surface area (Å²) in [6.07, 6.45) is 43.8. The van der Waals surface area contributed by atoms with Crippen LogP contribution in [-0.4, -0.2) is 87.5 Å². The number of aliphatic hydroxyl groups is 5. The lowest BCUT2D eigenvalue weighted by atomic mass is 9.99. The highest BCUT2D eigenvalue weighted by Crippen LogP contribution is 2.23. The number of carbonyl (C=O) groups is 1. The number of unbranched alkanes of at least 4 members (excludes halogenated alkanes) is 31. The molecule has 0 aliphatic carbocycles. The van der Waals surface area contributed by atoms with E-state index < -0.39 is 49.5 Å². The second kappa shape index (κ2) is 41.7. The van der Waals surface area contributed by atoms with Gasteiger partial charge in [0.15, 0.2) is 6.29 Å². The summed E-state index contributed by atoms with van der Waals surface area (Å²) in [6, 6.07) is -0.802. The first-order valence-electron chi connectivity index (χ1n) is 25.6. The van der Waals surface area contributed by atoms with E-state index in [9.17, 15) is 30.3 Å². The van der Waals surface area contributed by atoms with Crippen molar-refractivity contribution in [2.75, 3.05) is 13.2 Å². The molecule has 7 unspecified atom stereocenters. The molecule has 6 N–H and O–H groups in total. The van der Waals surface area contributed by atoms with Crippen molar-refractivity contribution in [3.8, 4) is 0 Å². The van der Waals surface area contributed by atoms with Crippen LogP contribution in [0.5, 0.6) is 0 Å². The first-order valence-corrected chi connectivity index (χ1v) is 25.6. The quantitative estimate of drug-likeness (QED) is 0.0262. The monoisotopic (exact) mass is 852 g/mol. The van der Waals surface area contributed by atoms with Crippen molar-refractivity contribution in [1.29, 1.82) is 0 Å². The van der Waals surface area contributed by atoms with Gasteiger partial charge in [-0.05, 0) is 44.9 Å². The molecule has 1 fully saturated rings. The summed E-state index contributed by atoms with van der Waals surface area (Å²) >= 11 is 0. The van der Waals surface area contributed by atoms with E-state index in [1.807, 2.05) is 6.08 Å². The Labute approximate surface area is 369 Å². The topological polar surface area (TPSA) is 149 Å². The third-order valence-corrected chi connectivity index (χ3v) is 12.3. The van der Waals surface area contributed by atoms with Crippen LogP contribution in [0.4, 0.5) is 0 Å². The molecule has 1 rings (SSSR count). The molecule has 9 nitrogen and oxygen atoms in total. The number of ether oxygens (including phenoxy) is 2. The maximum absolute atomic E-state index is 13.0. The fourth-order valence-corrected chi connectivity index (χ4v) is 8.15.